The highest BCUT2D eigenvalue weighted by Crippen LogP contribution is 2.31. The minimum absolute atomic E-state index is 0.0536. The van der Waals surface area contributed by atoms with Crippen LogP contribution in [0, 0.1) is 5.92 Å². The molecule has 0 saturated heterocycles. The van der Waals surface area contributed by atoms with Crippen LogP contribution in [0.2, 0.25) is 0 Å². The summed E-state index contributed by atoms with van der Waals surface area (Å²) in [6.07, 6.45) is 5.58. The molecule has 3 aromatic rings. The molecule has 4 rings (SSSR count). The highest BCUT2D eigenvalue weighted by atomic mass is 16.2. The van der Waals surface area contributed by atoms with E-state index in [1.54, 1.807) is 11.0 Å². The molecule has 0 radical (unpaired) electrons. The number of aromatic nitrogens is 1. The van der Waals surface area contributed by atoms with Crippen LogP contribution in [0.5, 0.6) is 0 Å². The van der Waals surface area contributed by atoms with Crippen LogP contribution in [0.25, 0.3) is 0 Å². The quantitative estimate of drug-likeness (QED) is 0.412. The first-order valence-corrected chi connectivity index (χ1v) is 11.5. The van der Waals surface area contributed by atoms with Crippen LogP contribution in [0.3, 0.4) is 0 Å². The molecule has 1 aromatic heterocycles. The number of benzene rings is 2. The van der Waals surface area contributed by atoms with E-state index < -0.39 is 0 Å². The van der Waals surface area contributed by atoms with Crippen LogP contribution in [-0.2, 0) is 29.2 Å². The number of hydrogen-bond donors (Lipinski definition) is 0. The summed E-state index contributed by atoms with van der Waals surface area (Å²) in [6.45, 7) is 5.97. The lowest BCUT2D eigenvalue weighted by atomic mass is 10.2. The Morgan fingerprint density at radius 1 is 0.879 bits per heavy atom. The Balaban J connectivity index is 1.52. The molecule has 1 saturated carbocycles. The molecule has 2 aromatic carbocycles. The largest absolute Gasteiger partial charge is 0.345 e. The molecule has 1 aliphatic carbocycles. The molecule has 1 heterocycles. The molecule has 170 valence electrons. The second kappa shape index (κ2) is 10.8. The molecular weight excluding hydrogens is 410 g/mol. The Kier molecular flexibility index (Phi) is 7.40. The third kappa shape index (κ3) is 6.22. The molecule has 0 N–H and O–H groups in total. The average molecular weight is 442 g/mol. The summed E-state index contributed by atoms with van der Waals surface area (Å²) in [4.78, 5) is 29.7. The molecule has 0 aliphatic heterocycles. The monoisotopic (exact) mass is 441 g/mol. The van der Waals surface area contributed by atoms with Crippen LogP contribution in [-0.4, -0.2) is 39.3 Å². The molecule has 1 aliphatic rings. The Labute approximate surface area is 195 Å². The van der Waals surface area contributed by atoms with Gasteiger partial charge >= 0.3 is 0 Å². The fourth-order valence-corrected chi connectivity index (χ4v) is 4.00. The van der Waals surface area contributed by atoms with E-state index in [1.165, 1.54) is 5.56 Å². The van der Waals surface area contributed by atoms with Gasteiger partial charge in [-0.3, -0.25) is 9.59 Å². The van der Waals surface area contributed by atoms with Crippen LogP contribution in [0.4, 0.5) is 0 Å². The van der Waals surface area contributed by atoms with Crippen LogP contribution >= 0.6 is 0 Å². The van der Waals surface area contributed by atoms with Crippen LogP contribution < -0.4 is 0 Å². The first-order chi connectivity index (χ1) is 16.1. The summed E-state index contributed by atoms with van der Waals surface area (Å²) in [6, 6.07) is 24.4. The minimum atomic E-state index is -0.0536. The van der Waals surface area contributed by atoms with Gasteiger partial charge in [0.05, 0.1) is 6.54 Å². The Hall–Kier alpha value is -3.60. The number of carbonyl (C=O) groups excluding carboxylic acids is 2. The van der Waals surface area contributed by atoms with Crippen molar-refractivity contribution in [3.63, 3.8) is 0 Å². The molecule has 33 heavy (non-hydrogen) atoms. The Morgan fingerprint density at radius 2 is 1.55 bits per heavy atom. The lowest BCUT2D eigenvalue weighted by Crippen LogP contribution is -2.43. The molecule has 0 unspecified atom stereocenters. The van der Waals surface area contributed by atoms with Gasteiger partial charge in [0.25, 0.3) is 0 Å². The van der Waals surface area contributed by atoms with Gasteiger partial charge in [-0.2, -0.15) is 0 Å². The fraction of sp³-hybridized carbons (Fsp3) is 0.286. The molecular formula is C28H31N3O2. The summed E-state index contributed by atoms with van der Waals surface area (Å²) in [5.74, 6) is 0.0842. The maximum Gasteiger partial charge on any atom is 0.242 e. The maximum atomic E-state index is 13.5. The number of hydrogen-bond acceptors (Lipinski definition) is 2. The molecule has 0 spiro atoms. The standard InChI is InChI=1S/C28H31N3O2/c1-2-17-30(28(33)25-15-16-25)22-27(32)31(20-24-12-7-4-8-13-24)21-26-14-9-18-29(26)19-23-10-5-3-6-11-23/h2-14,18,25H,1,15-17,19-22H2. The van der Waals surface area contributed by atoms with E-state index in [-0.39, 0.29) is 24.3 Å². The van der Waals surface area contributed by atoms with E-state index in [1.807, 2.05) is 65.7 Å². The lowest BCUT2D eigenvalue weighted by Gasteiger charge is -2.28. The van der Waals surface area contributed by atoms with E-state index in [9.17, 15) is 9.59 Å². The van der Waals surface area contributed by atoms with E-state index in [2.05, 4.69) is 29.3 Å². The van der Waals surface area contributed by atoms with E-state index in [0.29, 0.717) is 19.6 Å². The molecule has 0 bridgehead atoms. The number of carbonyl (C=O) groups is 2. The normalized spacial score (nSPS) is 12.8. The summed E-state index contributed by atoms with van der Waals surface area (Å²) >= 11 is 0. The van der Waals surface area contributed by atoms with Crippen molar-refractivity contribution in [2.75, 3.05) is 13.1 Å². The van der Waals surface area contributed by atoms with Crippen molar-refractivity contribution >= 4 is 11.8 Å². The van der Waals surface area contributed by atoms with Crippen LogP contribution in [0.15, 0.2) is 91.6 Å². The van der Waals surface area contributed by atoms with Gasteiger partial charge in [0.2, 0.25) is 11.8 Å². The fourth-order valence-electron chi connectivity index (χ4n) is 4.00. The topological polar surface area (TPSA) is 45.6 Å². The summed E-state index contributed by atoms with van der Waals surface area (Å²) in [7, 11) is 0. The van der Waals surface area contributed by atoms with Crippen molar-refractivity contribution in [1.82, 2.24) is 14.4 Å². The van der Waals surface area contributed by atoms with Crippen molar-refractivity contribution in [2.24, 2.45) is 5.92 Å². The van der Waals surface area contributed by atoms with Crippen molar-refractivity contribution < 1.29 is 9.59 Å². The van der Waals surface area contributed by atoms with Crippen molar-refractivity contribution in [3.05, 3.63) is 108 Å². The number of nitrogens with zero attached hydrogens (tertiary/aromatic N) is 3. The van der Waals surface area contributed by atoms with Crippen molar-refractivity contribution in [2.45, 2.75) is 32.5 Å². The van der Waals surface area contributed by atoms with E-state index in [0.717, 1.165) is 30.6 Å². The first kappa shape index (κ1) is 22.6. The Bertz CT molecular complexity index is 1070. The average Bonchev–Trinajstić information content (AvgIpc) is 3.60. The third-order valence-electron chi connectivity index (χ3n) is 5.95. The summed E-state index contributed by atoms with van der Waals surface area (Å²) in [5.41, 5.74) is 3.34. The molecule has 5 heteroatoms. The lowest BCUT2D eigenvalue weighted by molar-refractivity contribution is -0.141. The zero-order valence-corrected chi connectivity index (χ0v) is 19.0. The maximum absolute atomic E-state index is 13.5. The zero-order chi connectivity index (χ0) is 23.0. The van der Waals surface area contributed by atoms with Crippen LogP contribution in [0.1, 0.15) is 29.7 Å². The third-order valence-corrected chi connectivity index (χ3v) is 5.95. The predicted molar refractivity (Wildman–Crippen MR) is 130 cm³/mol. The van der Waals surface area contributed by atoms with Gasteiger partial charge in [-0.05, 0) is 36.1 Å². The van der Waals surface area contributed by atoms with Crippen molar-refractivity contribution in [3.8, 4) is 0 Å². The van der Waals surface area contributed by atoms with Gasteiger partial charge in [-0.15, -0.1) is 6.58 Å². The highest BCUT2D eigenvalue weighted by molar-refractivity contribution is 5.87. The smallest absolute Gasteiger partial charge is 0.242 e. The van der Waals surface area contributed by atoms with E-state index >= 15 is 0 Å². The molecule has 2 amide bonds. The van der Waals surface area contributed by atoms with Crippen molar-refractivity contribution in [1.29, 1.82) is 0 Å². The zero-order valence-electron chi connectivity index (χ0n) is 19.0. The summed E-state index contributed by atoms with van der Waals surface area (Å²) in [5, 5.41) is 0. The molecule has 0 atom stereocenters. The van der Waals surface area contributed by atoms with Gasteiger partial charge in [0, 0.05) is 37.4 Å². The predicted octanol–water partition coefficient (Wildman–Crippen LogP) is 4.49. The van der Waals surface area contributed by atoms with Gasteiger partial charge in [-0.25, -0.2) is 0 Å². The first-order valence-electron chi connectivity index (χ1n) is 11.5. The highest BCUT2D eigenvalue weighted by Gasteiger charge is 2.34. The summed E-state index contributed by atoms with van der Waals surface area (Å²) < 4.78 is 2.18. The van der Waals surface area contributed by atoms with Gasteiger partial charge in [-0.1, -0.05) is 66.7 Å². The number of amides is 2. The second-order valence-corrected chi connectivity index (χ2v) is 8.63. The SMILES string of the molecule is C=CCN(CC(=O)N(Cc1ccccc1)Cc1cccn1Cc1ccccc1)C(=O)C1CC1. The van der Waals surface area contributed by atoms with Gasteiger partial charge < -0.3 is 14.4 Å². The Morgan fingerprint density at radius 3 is 2.18 bits per heavy atom. The second-order valence-electron chi connectivity index (χ2n) is 8.63. The van der Waals surface area contributed by atoms with E-state index in [4.69, 9.17) is 0 Å². The molecule has 5 nitrogen and oxygen atoms in total. The van der Waals surface area contributed by atoms with Gasteiger partial charge in [0.15, 0.2) is 0 Å². The molecule has 1 fully saturated rings. The number of rotatable bonds is 11. The minimum Gasteiger partial charge on any atom is -0.345 e. The van der Waals surface area contributed by atoms with Gasteiger partial charge in [0.1, 0.15) is 6.54 Å².